The molecule has 0 saturated heterocycles. The number of aromatic nitrogens is 2. The van der Waals surface area contributed by atoms with Crippen molar-refractivity contribution in [1.29, 1.82) is 0 Å². The van der Waals surface area contributed by atoms with Crippen molar-refractivity contribution in [3.63, 3.8) is 0 Å². The third-order valence-corrected chi connectivity index (χ3v) is 2.89. The van der Waals surface area contributed by atoms with Crippen LogP contribution in [0.2, 0.25) is 0 Å². The molecule has 0 fully saturated rings. The first-order chi connectivity index (χ1) is 9.89. The molecule has 1 aromatic carbocycles. The fourth-order valence-corrected chi connectivity index (χ4v) is 1.90. The van der Waals surface area contributed by atoms with Crippen LogP contribution in [0.15, 0.2) is 30.6 Å². The van der Waals surface area contributed by atoms with Crippen molar-refractivity contribution in [2.45, 2.75) is 32.7 Å². The van der Waals surface area contributed by atoms with Crippen molar-refractivity contribution in [1.82, 2.24) is 9.78 Å². The molecule has 7 heteroatoms. The van der Waals surface area contributed by atoms with Crippen molar-refractivity contribution in [2.24, 2.45) is 0 Å². The maximum absolute atomic E-state index is 12.1. The molecule has 1 aromatic heterocycles. The average molecular weight is 300 g/mol. The number of phenols is 1. The first-order valence-electron chi connectivity index (χ1n) is 6.50. The standard InChI is InChI=1S/C14H15F3N2O2/c1-2-3-6-19-9-10(8-18-19)12-5-4-11(7-13(12)20)21-14(15,16)17/h4-5,7-9,20H,2-3,6H2,1H3. The molecule has 0 amide bonds. The van der Waals surface area contributed by atoms with Crippen molar-refractivity contribution >= 4 is 0 Å². The fraction of sp³-hybridized carbons (Fsp3) is 0.357. The molecule has 0 aliphatic carbocycles. The Hall–Kier alpha value is -2.18. The van der Waals surface area contributed by atoms with Gasteiger partial charge >= 0.3 is 6.36 Å². The molecule has 4 nitrogen and oxygen atoms in total. The average Bonchev–Trinajstić information content (AvgIpc) is 2.83. The smallest absolute Gasteiger partial charge is 0.507 e. The second kappa shape index (κ2) is 6.07. The maximum Gasteiger partial charge on any atom is 0.573 e. The Labute approximate surface area is 119 Å². The minimum atomic E-state index is -4.78. The molecule has 0 saturated carbocycles. The maximum atomic E-state index is 12.1. The third-order valence-electron chi connectivity index (χ3n) is 2.89. The van der Waals surface area contributed by atoms with E-state index in [0.29, 0.717) is 11.1 Å². The predicted octanol–water partition coefficient (Wildman–Crippen LogP) is 3.95. The Morgan fingerprint density at radius 2 is 2.10 bits per heavy atom. The Balaban J connectivity index is 2.18. The Morgan fingerprint density at radius 3 is 2.71 bits per heavy atom. The van der Waals surface area contributed by atoms with E-state index in [0.717, 1.165) is 31.5 Å². The van der Waals surface area contributed by atoms with Crippen molar-refractivity contribution in [3.05, 3.63) is 30.6 Å². The summed E-state index contributed by atoms with van der Waals surface area (Å²) in [6.45, 7) is 2.82. The number of unbranched alkanes of at least 4 members (excludes halogenated alkanes) is 1. The number of alkyl halides is 3. The van der Waals surface area contributed by atoms with Gasteiger partial charge in [0.05, 0.1) is 6.20 Å². The molecule has 0 aliphatic heterocycles. The molecule has 21 heavy (non-hydrogen) atoms. The third kappa shape index (κ3) is 4.14. The van der Waals surface area contributed by atoms with E-state index < -0.39 is 12.1 Å². The normalized spacial score (nSPS) is 11.6. The minimum Gasteiger partial charge on any atom is -0.507 e. The molecule has 2 aromatic rings. The van der Waals surface area contributed by atoms with Crippen LogP contribution in [0.4, 0.5) is 13.2 Å². The number of rotatable bonds is 5. The number of aromatic hydroxyl groups is 1. The summed E-state index contributed by atoms with van der Waals surface area (Å²) in [6, 6.07) is 3.47. The van der Waals surface area contributed by atoms with E-state index in [4.69, 9.17) is 0 Å². The van der Waals surface area contributed by atoms with Crippen LogP contribution in [-0.2, 0) is 6.54 Å². The summed E-state index contributed by atoms with van der Waals surface area (Å²) in [5.41, 5.74) is 1.05. The van der Waals surface area contributed by atoms with Gasteiger partial charge < -0.3 is 9.84 Å². The lowest BCUT2D eigenvalue weighted by molar-refractivity contribution is -0.274. The lowest BCUT2D eigenvalue weighted by Gasteiger charge is -2.10. The van der Waals surface area contributed by atoms with Gasteiger partial charge in [-0.3, -0.25) is 4.68 Å². The van der Waals surface area contributed by atoms with Crippen LogP contribution in [0.5, 0.6) is 11.5 Å². The summed E-state index contributed by atoms with van der Waals surface area (Å²) < 4.78 is 41.8. The van der Waals surface area contributed by atoms with Crippen LogP contribution in [0.1, 0.15) is 19.8 Å². The van der Waals surface area contributed by atoms with Gasteiger partial charge in [0, 0.05) is 29.9 Å². The molecule has 2 rings (SSSR count). The Bertz CT molecular complexity index is 609. The molecule has 0 spiro atoms. The van der Waals surface area contributed by atoms with Crippen molar-refractivity contribution in [2.75, 3.05) is 0 Å². The lowest BCUT2D eigenvalue weighted by atomic mass is 10.1. The van der Waals surface area contributed by atoms with Gasteiger partial charge in [0.25, 0.3) is 0 Å². The summed E-state index contributed by atoms with van der Waals surface area (Å²) in [5, 5.41) is 14.0. The van der Waals surface area contributed by atoms with E-state index in [1.54, 1.807) is 17.1 Å². The molecular weight excluding hydrogens is 285 g/mol. The zero-order chi connectivity index (χ0) is 15.5. The van der Waals surface area contributed by atoms with Crippen LogP contribution in [0.25, 0.3) is 11.1 Å². The minimum absolute atomic E-state index is 0.285. The number of benzene rings is 1. The summed E-state index contributed by atoms with van der Waals surface area (Å²) in [5.74, 6) is -0.742. The highest BCUT2D eigenvalue weighted by molar-refractivity contribution is 5.69. The van der Waals surface area contributed by atoms with Gasteiger partial charge in [-0.25, -0.2) is 0 Å². The van der Waals surface area contributed by atoms with Gasteiger partial charge in [0.1, 0.15) is 11.5 Å². The first kappa shape index (κ1) is 15.2. The molecule has 0 atom stereocenters. The second-order valence-electron chi connectivity index (χ2n) is 4.57. The summed E-state index contributed by atoms with van der Waals surface area (Å²) in [7, 11) is 0. The number of hydrogen-bond acceptors (Lipinski definition) is 3. The first-order valence-corrected chi connectivity index (χ1v) is 6.50. The van der Waals surface area contributed by atoms with Gasteiger partial charge in [-0.2, -0.15) is 5.10 Å². The molecule has 1 heterocycles. The van der Waals surface area contributed by atoms with Gasteiger partial charge in [-0.05, 0) is 18.6 Å². The van der Waals surface area contributed by atoms with Gasteiger partial charge in [-0.1, -0.05) is 13.3 Å². The van der Waals surface area contributed by atoms with E-state index in [1.807, 2.05) is 0 Å². The SMILES string of the molecule is CCCCn1cc(-c2ccc(OC(F)(F)F)cc2O)cn1. The molecule has 0 bridgehead atoms. The Morgan fingerprint density at radius 1 is 1.33 bits per heavy atom. The van der Waals surface area contributed by atoms with Gasteiger partial charge in [0.15, 0.2) is 0 Å². The molecule has 1 N–H and O–H groups in total. The summed E-state index contributed by atoms with van der Waals surface area (Å²) >= 11 is 0. The van der Waals surface area contributed by atoms with E-state index >= 15 is 0 Å². The van der Waals surface area contributed by atoms with Crippen LogP contribution in [0.3, 0.4) is 0 Å². The molecular formula is C14H15F3N2O2. The predicted molar refractivity (Wildman–Crippen MR) is 70.9 cm³/mol. The quantitative estimate of drug-likeness (QED) is 0.909. The largest absolute Gasteiger partial charge is 0.573 e. The van der Waals surface area contributed by atoms with Gasteiger partial charge in [-0.15, -0.1) is 13.2 Å². The fourth-order valence-electron chi connectivity index (χ4n) is 1.90. The topological polar surface area (TPSA) is 47.3 Å². The van der Waals surface area contributed by atoms with Crippen LogP contribution >= 0.6 is 0 Å². The van der Waals surface area contributed by atoms with Gasteiger partial charge in [0.2, 0.25) is 0 Å². The van der Waals surface area contributed by atoms with Crippen LogP contribution in [-0.4, -0.2) is 21.2 Å². The van der Waals surface area contributed by atoms with E-state index in [-0.39, 0.29) is 5.75 Å². The monoisotopic (exact) mass is 300 g/mol. The van der Waals surface area contributed by atoms with E-state index in [2.05, 4.69) is 16.8 Å². The number of phenolic OH excluding ortho intramolecular Hbond substituents is 1. The van der Waals surface area contributed by atoms with Crippen molar-refractivity contribution < 1.29 is 23.0 Å². The highest BCUT2D eigenvalue weighted by Crippen LogP contribution is 2.34. The van der Waals surface area contributed by atoms with Crippen LogP contribution in [0, 0.1) is 0 Å². The number of halogens is 3. The zero-order valence-electron chi connectivity index (χ0n) is 11.4. The van der Waals surface area contributed by atoms with E-state index in [1.165, 1.54) is 6.07 Å². The molecule has 114 valence electrons. The number of aryl methyl sites for hydroxylation is 1. The molecule has 0 aliphatic rings. The Kier molecular flexibility index (Phi) is 4.40. The zero-order valence-corrected chi connectivity index (χ0v) is 11.4. The number of nitrogens with zero attached hydrogens (tertiary/aromatic N) is 2. The number of hydrogen-bond donors (Lipinski definition) is 1. The lowest BCUT2D eigenvalue weighted by Crippen LogP contribution is -2.16. The summed E-state index contributed by atoms with van der Waals surface area (Å²) in [6.07, 6.45) is 0.540. The van der Waals surface area contributed by atoms with Crippen molar-refractivity contribution in [3.8, 4) is 22.6 Å². The van der Waals surface area contributed by atoms with Crippen LogP contribution < -0.4 is 4.74 Å². The summed E-state index contributed by atoms with van der Waals surface area (Å²) in [4.78, 5) is 0. The highest BCUT2D eigenvalue weighted by atomic mass is 19.4. The number of ether oxygens (including phenoxy) is 1. The molecule has 0 radical (unpaired) electrons. The second-order valence-corrected chi connectivity index (χ2v) is 4.57. The highest BCUT2D eigenvalue weighted by Gasteiger charge is 2.31. The molecule has 0 unspecified atom stereocenters. The van der Waals surface area contributed by atoms with E-state index in [9.17, 15) is 18.3 Å².